The number of sulfonamides is 1. The van der Waals surface area contributed by atoms with E-state index in [9.17, 15) is 13.2 Å². The number of hydrogen-bond acceptors (Lipinski definition) is 4. The van der Waals surface area contributed by atoms with Crippen LogP contribution in [0, 0.1) is 5.92 Å². The van der Waals surface area contributed by atoms with Crippen LogP contribution in [0.1, 0.15) is 23.2 Å². The number of rotatable bonds is 6. The number of para-hydroxylation sites is 1. The number of hydrogen-bond donors (Lipinski definition) is 2. The molecule has 1 unspecified atom stereocenters. The van der Waals surface area contributed by atoms with Crippen LogP contribution in [-0.4, -0.2) is 41.0 Å². The van der Waals surface area contributed by atoms with Gasteiger partial charge >= 0.3 is 0 Å². The summed E-state index contributed by atoms with van der Waals surface area (Å²) < 4.78 is 27.0. The van der Waals surface area contributed by atoms with Gasteiger partial charge in [-0.3, -0.25) is 9.10 Å². The number of carbonyl (C=O) groups is 1. The maximum atomic E-state index is 12.9. The minimum absolute atomic E-state index is 0.0980. The van der Waals surface area contributed by atoms with Crippen LogP contribution in [-0.2, 0) is 10.0 Å². The Morgan fingerprint density at radius 3 is 2.67 bits per heavy atom. The van der Waals surface area contributed by atoms with Gasteiger partial charge in [0.25, 0.3) is 15.9 Å². The van der Waals surface area contributed by atoms with Crippen molar-refractivity contribution in [1.29, 1.82) is 0 Å². The Labute approximate surface area is 160 Å². The summed E-state index contributed by atoms with van der Waals surface area (Å²) in [5, 5.41) is 6.24. The van der Waals surface area contributed by atoms with E-state index in [4.69, 9.17) is 0 Å². The monoisotopic (exact) mass is 387 g/mol. The Bertz CT molecular complexity index is 878. The van der Waals surface area contributed by atoms with Crippen LogP contribution >= 0.6 is 0 Å². The van der Waals surface area contributed by atoms with E-state index in [2.05, 4.69) is 10.6 Å². The molecule has 7 heteroatoms. The van der Waals surface area contributed by atoms with Gasteiger partial charge in [-0.1, -0.05) is 24.3 Å². The molecule has 144 valence electrons. The molecule has 2 N–H and O–H groups in total. The lowest BCUT2D eigenvalue weighted by atomic mass is 10.00. The van der Waals surface area contributed by atoms with Crippen molar-refractivity contribution in [2.75, 3.05) is 31.0 Å². The van der Waals surface area contributed by atoms with Crippen molar-refractivity contribution in [3.63, 3.8) is 0 Å². The molecule has 1 saturated heterocycles. The average Bonchev–Trinajstić information content (AvgIpc) is 2.73. The van der Waals surface area contributed by atoms with E-state index >= 15 is 0 Å². The summed E-state index contributed by atoms with van der Waals surface area (Å²) >= 11 is 0. The third-order valence-corrected chi connectivity index (χ3v) is 6.61. The highest BCUT2D eigenvalue weighted by molar-refractivity contribution is 7.92. The molecular weight excluding hydrogens is 362 g/mol. The Kier molecular flexibility index (Phi) is 6.13. The van der Waals surface area contributed by atoms with E-state index < -0.39 is 10.0 Å². The van der Waals surface area contributed by atoms with Crippen molar-refractivity contribution < 1.29 is 13.2 Å². The summed E-state index contributed by atoms with van der Waals surface area (Å²) in [5.74, 6) is 0.166. The molecule has 0 spiro atoms. The number of amides is 1. The predicted octanol–water partition coefficient (Wildman–Crippen LogP) is 2.24. The molecule has 0 bridgehead atoms. The number of anilines is 1. The topological polar surface area (TPSA) is 78.5 Å². The predicted molar refractivity (Wildman–Crippen MR) is 106 cm³/mol. The van der Waals surface area contributed by atoms with Crippen LogP contribution in [0.15, 0.2) is 59.5 Å². The molecule has 2 aromatic carbocycles. The lowest BCUT2D eigenvalue weighted by Gasteiger charge is -2.23. The second-order valence-electron chi connectivity index (χ2n) is 6.76. The van der Waals surface area contributed by atoms with Gasteiger partial charge < -0.3 is 10.6 Å². The maximum Gasteiger partial charge on any atom is 0.264 e. The van der Waals surface area contributed by atoms with E-state index in [1.54, 1.807) is 36.4 Å². The molecule has 6 nitrogen and oxygen atoms in total. The van der Waals surface area contributed by atoms with E-state index in [0.717, 1.165) is 25.9 Å². The molecule has 27 heavy (non-hydrogen) atoms. The summed E-state index contributed by atoms with van der Waals surface area (Å²) in [5.41, 5.74) is 0.915. The summed E-state index contributed by atoms with van der Waals surface area (Å²) in [6.07, 6.45) is 2.20. The SMILES string of the molecule is CN(c1ccccc1)S(=O)(=O)c1cccc(C(=O)NCC2CCCNC2)c1. The molecule has 1 heterocycles. The summed E-state index contributed by atoms with van der Waals surface area (Å²) in [6, 6.07) is 15.0. The molecule has 0 radical (unpaired) electrons. The number of benzene rings is 2. The number of nitrogens with zero attached hydrogens (tertiary/aromatic N) is 1. The van der Waals surface area contributed by atoms with E-state index in [-0.39, 0.29) is 10.8 Å². The van der Waals surface area contributed by atoms with Crippen molar-refractivity contribution in [3.05, 3.63) is 60.2 Å². The van der Waals surface area contributed by atoms with Gasteiger partial charge in [-0.2, -0.15) is 0 Å². The zero-order chi connectivity index (χ0) is 19.3. The standard InChI is InChI=1S/C20H25N3O3S/c1-23(18-9-3-2-4-10-18)27(25,26)19-11-5-8-17(13-19)20(24)22-15-16-7-6-12-21-14-16/h2-5,8-11,13,16,21H,6-7,12,14-15H2,1H3,(H,22,24). The van der Waals surface area contributed by atoms with Crippen molar-refractivity contribution in [2.24, 2.45) is 5.92 Å². The van der Waals surface area contributed by atoms with Crippen molar-refractivity contribution >= 4 is 21.6 Å². The molecule has 1 amide bonds. The fourth-order valence-corrected chi connectivity index (χ4v) is 4.41. The second kappa shape index (κ2) is 8.54. The maximum absolute atomic E-state index is 12.9. The summed E-state index contributed by atoms with van der Waals surface area (Å²) in [4.78, 5) is 12.6. The molecule has 0 saturated carbocycles. The van der Waals surface area contributed by atoms with Crippen LogP contribution < -0.4 is 14.9 Å². The Balaban J connectivity index is 1.73. The molecule has 1 atom stereocenters. The fraction of sp³-hybridized carbons (Fsp3) is 0.350. The molecule has 1 aliphatic rings. The molecule has 1 aliphatic heterocycles. The normalized spacial score (nSPS) is 17.3. The van der Waals surface area contributed by atoms with Crippen LogP contribution in [0.5, 0.6) is 0 Å². The molecule has 3 rings (SSSR count). The quantitative estimate of drug-likeness (QED) is 0.797. The minimum atomic E-state index is -3.74. The van der Waals surface area contributed by atoms with Crippen molar-refractivity contribution in [3.8, 4) is 0 Å². The van der Waals surface area contributed by atoms with E-state index in [1.807, 2.05) is 6.07 Å². The lowest BCUT2D eigenvalue weighted by molar-refractivity contribution is 0.0944. The first-order chi connectivity index (χ1) is 13.0. The highest BCUT2D eigenvalue weighted by Gasteiger charge is 2.22. The highest BCUT2D eigenvalue weighted by atomic mass is 32.2. The first-order valence-corrected chi connectivity index (χ1v) is 10.6. The number of piperidine rings is 1. The van der Waals surface area contributed by atoms with Crippen LogP contribution in [0.3, 0.4) is 0 Å². The molecule has 1 fully saturated rings. The molecule has 2 aromatic rings. The Morgan fingerprint density at radius 1 is 1.19 bits per heavy atom. The average molecular weight is 388 g/mol. The second-order valence-corrected chi connectivity index (χ2v) is 8.73. The van der Waals surface area contributed by atoms with Gasteiger partial charge in [0.15, 0.2) is 0 Å². The molecule has 0 aliphatic carbocycles. The van der Waals surface area contributed by atoms with Gasteiger partial charge in [-0.15, -0.1) is 0 Å². The fourth-order valence-electron chi connectivity index (χ4n) is 3.17. The first-order valence-electron chi connectivity index (χ1n) is 9.11. The molecule has 0 aromatic heterocycles. The van der Waals surface area contributed by atoms with Crippen molar-refractivity contribution in [2.45, 2.75) is 17.7 Å². The Hall–Kier alpha value is -2.38. The zero-order valence-corrected chi connectivity index (χ0v) is 16.2. The molecular formula is C20H25N3O3S. The largest absolute Gasteiger partial charge is 0.352 e. The smallest absolute Gasteiger partial charge is 0.264 e. The summed E-state index contributed by atoms with van der Waals surface area (Å²) in [7, 11) is -2.23. The van der Waals surface area contributed by atoms with E-state index in [0.29, 0.717) is 23.7 Å². The summed E-state index contributed by atoms with van der Waals surface area (Å²) in [6.45, 7) is 2.52. The van der Waals surface area contributed by atoms with Crippen LogP contribution in [0.2, 0.25) is 0 Å². The highest BCUT2D eigenvalue weighted by Crippen LogP contribution is 2.22. The minimum Gasteiger partial charge on any atom is -0.352 e. The van der Waals surface area contributed by atoms with Gasteiger partial charge in [-0.25, -0.2) is 8.42 Å². The van der Waals surface area contributed by atoms with Gasteiger partial charge in [0, 0.05) is 19.2 Å². The third kappa shape index (κ3) is 4.67. The van der Waals surface area contributed by atoms with Crippen molar-refractivity contribution in [1.82, 2.24) is 10.6 Å². The lowest BCUT2D eigenvalue weighted by Crippen LogP contribution is -2.38. The third-order valence-electron chi connectivity index (χ3n) is 4.82. The van der Waals surface area contributed by atoms with Crippen LogP contribution in [0.25, 0.3) is 0 Å². The first kappa shape index (κ1) is 19.4. The number of carbonyl (C=O) groups excluding carboxylic acids is 1. The zero-order valence-electron chi connectivity index (χ0n) is 15.4. The van der Waals surface area contributed by atoms with E-state index in [1.165, 1.54) is 23.5 Å². The van der Waals surface area contributed by atoms with Gasteiger partial charge in [0.1, 0.15) is 0 Å². The van der Waals surface area contributed by atoms with Gasteiger partial charge in [0.2, 0.25) is 0 Å². The Morgan fingerprint density at radius 2 is 1.96 bits per heavy atom. The van der Waals surface area contributed by atoms with Gasteiger partial charge in [0.05, 0.1) is 10.6 Å². The number of nitrogens with one attached hydrogen (secondary N) is 2. The van der Waals surface area contributed by atoms with Gasteiger partial charge in [-0.05, 0) is 62.2 Å². The van der Waals surface area contributed by atoms with Crippen LogP contribution in [0.4, 0.5) is 5.69 Å².